The number of carbonyl (C=O) groups excluding carboxylic acids is 1. The first-order chi connectivity index (χ1) is 19.4. The second-order valence-corrected chi connectivity index (χ2v) is 13.6. The number of nitrogens with two attached hydrogens (primary N) is 1. The summed E-state index contributed by atoms with van der Waals surface area (Å²) < 4.78 is 0. The Kier molecular flexibility index (Phi) is 8.05. The van der Waals surface area contributed by atoms with Crippen LogP contribution in [-0.4, -0.2) is 5.78 Å². The van der Waals surface area contributed by atoms with Crippen molar-refractivity contribution in [3.8, 4) is 6.07 Å². The summed E-state index contributed by atoms with van der Waals surface area (Å²) in [6, 6.07) is 20.5. The van der Waals surface area contributed by atoms with Gasteiger partial charge in [-0.2, -0.15) is 5.26 Å². The zero-order chi connectivity index (χ0) is 29.6. The largest absolute Gasteiger partial charge is 0.384 e. The van der Waals surface area contributed by atoms with E-state index in [0.29, 0.717) is 39.7 Å². The molecular formula is C34H33Cl2N3OS. The minimum absolute atomic E-state index is 0.0288. The van der Waals surface area contributed by atoms with Crippen LogP contribution in [0.1, 0.15) is 60.4 Å². The number of ketones is 1. The predicted octanol–water partition coefficient (Wildman–Crippen LogP) is 9.15. The molecule has 2 N–H and O–H groups in total. The number of hydrogen-bond donors (Lipinski definition) is 1. The topological polar surface area (TPSA) is 70.1 Å². The van der Waals surface area contributed by atoms with E-state index in [2.05, 4.69) is 77.1 Å². The molecule has 0 saturated carbocycles. The molecule has 0 saturated heterocycles. The van der Waals surface area contributed by atoms with Gasteiger partial charge in [0.15, 0.2) is 5.78 Å². The van der Waals surface area contributed by atoms with Crippen molar-refractivity contribution in [2.75, 3.05) is 4.90 Å². The normalized spacial score (nSPS) is 18.4. The van der Waals surface area contributed by atoms with Gasteiger partial charge in [-0.15, -0.1) is 11.8 Å². The molecule has 1 unspecified atom stereocenters. The van der Waals surface area contributed by atoms with Crippen LogP contribution in [0.5, 0.6) is 0 Å². The molecule has 0 spiro atoms. The quantitative estimate of drug-likeness (QED) is 0.295. The number of aryl methyl sites for hydroxylation is 2. The van der Waals surface area contributed by atoms with Crippen LogP contribution in [0, 0.1) is 37.5 Å². The number of thioether (sulfide) groups is 1. The Morgan fingerprint density at radius 2 is 1.76 bits per heavy atom. The van der Waals surface area contributed by atoms with E-state index in [1.54, 1.807) is 28.8 Å². The maximum absolute atomic E-state index is 14.0. The Balaban J connectivity index is 1.69. The third-order valence-electron chi connectivity index (χ3n) is 7.98. The molecular weight excluding hydrogens is 569 g/mol. The second-order valence-electron chi connectivity index (χ2n) is 11.8. The number of allylic oxidation sites excluding steroid dienone is 3. The van der Waals surface area contributed by atoms with E-state index in [4.69, 9.17) is 28.9 Å². The summed E-state index contributed by atoms with van der Waals surface area (Å²) in [6.07, 6.45) is 0.993. The first-order valence-corrected chi connectivity index (χ1v) is 15.4. The summed E-state index contributed by atoms with van der Waals surface area (Å²) in [5.41, 5.74) is 14.4. The summed E-state index contributed by atoms with van der Waals surface area (Å²) in [4.78, 5) is 17.0. The first-order valence-electron chi connectivity index (χ1n) is 13.6. The molecule has 1 aliphatic carbocycles. The van der Waals surface area contributed by atoms with Gasteiger partial charge in [-0.05, 0) is 73.6 Å². The van der Waals surface area contributed by atoms with Gasteiger partial charge in [0.25, 0.3) is 0 Å². The van der Waals surface area contributed by atoms with Crippen LogP contribution >= 0.6 is 35.0 Å². The molecule has 210 valence electrons. The van der Waals surface area contributed by atoms with Crippen molar-refractivity contribution in [3.05, 3.63) is 115 Å². The van der Waals surface area contributed by atoms with E-state index in [1.165, 1.54) is 16.0 Å². The lowest BCUT2D eigenvalue weighted by Gasteiger charge is -2.44. The summed E-state index contributed by atoms with van der Waals surface area (Å²) >= 11 is 14.9. The van der Waals surface area contributed by atoms with E-state index < -0.39 is 5.92 Å². The van der Waals surface area contributed by atoms with E-state index >= 15 is 0 Å². The minimum atomic E-state index is -0.559. The van der Waals surface area contributed by atoms with Crippen LogP contribution in [-0.2, 0) is 10.5 Å². The van der Waals surface area contributed by atoms with E-state index in [1.807, 2.05) is 6.07 Å². The molecule has 0 aromatic heterocycles. The summed E-state index contributed by atoms with van der Waals surface area (Å²) in [7, 11) is 0. The molecule has 41 heavy (non-hydrogen) atoms. The van der Waals surface area contributed by atoms with Gasteiger partial charge < -0.3 is 5.73 Å². The number of halogens is 2. The lowest BCUT2D eigenvalue weighted by Crippen LogP contribution is -2.42. The second kappa shape index (κ2) is 11.2. The SMILES string of the molecule is Cc1ccc(SCc2cc(C)cc(C3C(C#N)=C(N)N(c4cccc(Cl)c4Cl)C4=C3C(=O)CC(C)(C)C4)c2C)cc1. The number of hydrogen-bond acceptors (Lipinski definition) is 5. The standard InChI is InChI=1S/C34H33Cl2N3OS/c1-19-9-11-23(12-10-19)41-18-22-13-20(2)14-24(21(22)3)30-25(17-37)33(38)39(27-8-6-7-26(35)32(27)36)28-15-34(4,5)16-29(40)31(28)30/h6-14,30H,15-16,18,38H2,1-5H3. The fourth-order valence-corrected chi connectivity index (χ4v) is 7.30. The third kappa shape index (κ3) is 5.54. The zero-order valence-corrected chi connectivity index (χ0v) is 26.3. The molecule has 0 fully saturated rings. The van der Waals surface area contributed by atoms with Crippen LogP contribution in [0.3, 0.4) is 0 Å². The molecule has 0 radical (unpaired) electrons. The number of rotatable bonds is 5. The number of benzene rings is 3. The number of nitriles is 1. The molecule has 1 atom stereocenters. The predicted molar refractivity (Wildman–Crippen MR) is 170 cm³/mol. The Hall–Kier alpha value is -3.17. The molecule has 2 aliphatic rings. The maximum atomic E-state index is 14.0. The number of carbonyl (C=O) groups is 1. The van der Waals surface area contributed by atoms with E-state index in [0.717, 1.165) is 28.1 Å². The van der Waals surface area contributed by atoms with Crippen molar-refractivity contribution in [3.63, 3.8) is 0 Å². The molecule has 5 rings (SSSR count). The smallest absolute Gasteiger partial charge is 0.162 e. The van der Waals surface area contributed by atoms with Crippen molar-refractivity contribution in [1.82, 2.24) is 0 Å². The van der Waals surface area contributed by atoms with E-state index in [-0.39, 0.29) is 17.0 Å². The number of Topliss-reactive ketones (excluding diaryl/α,β-unsaturated/α-hetero) is 1. The fourth-order valence-electron chi connectivity index (χ4n) is 5.97. The Labute approximate surface area is 256 Å². The highest BCUT2D eigenvalue weighted by molar-refractivity contribution is 7.98. The molecule has 1 aliphatic heterocycles. The van der Waals surface area contributed by atoms with Crippen molar-refractivity contribution >= 4 is 46.4 Å². The number of nitrogens with zero attached hydrogens (tertiary/aromatic N) is 2. The van der Waals surface area contributed by atoms with Crippen molar-refractivity contribution in [2.24, 2.45) is 11.1 Å². The van der Waals surface area contributed by atoms with Crippen LogP contribution in [0.15, 0.2) is 82.2 Å². The van der Waals surface area contributed by atoms with Gasteiger partial charge in [0.2, 0.25) is 0 Å². The van der Waals surface area contributed by atoms with Gasteiger partial charge in [-0.1, -0.05) is 78.5 Å². The van der Waals surface area contributed by atoms with Crippen LogP contribution in [0.25, 0.3) is 0 Å². The third-order valence-corrected chi connectivity index (χ3v) is 9.85. The Morgan fingerprint density at radius 1 is 1.05 bits per heavy atom. The number of anilines is 1. The van der Waals surface area contributed by atoms with E-state index in [9.17, 15) is 10.1 Å². The average Bonchev–Trinajstić information content (AvgIpc) is 2.90. The lowest BCUT2D eigenvalue weighted by atomic mass is 9.68. The van der Waals surface area contributed by atoms with Gasteiger partial charge in [0.1, 0.15) is 5.82 Å². The highest BCUT2D eigenvalue weighted by Gasteiger charge is 2.45. The van der Waals surface area contributed by atoms with Crippen molar-refractivity contribution in [1.29, 1.82) is 5.26 Å². The molecule has 0 amide bonds. The zero-order valence-electron chi connectivity index (χ0n) is 23.9. The monoisotopic (exact) mass is 601 g/mol. The summed E-state index contributed by atoms with van der Waals surface area (Å²) in [5.74, 6) is 0.522. The first kappa shape index (κ1) is 29.3. The van der Waals surface area contributed by atoms with Crippen LogP contribution < -0.4 is 10.6 Å². The fraction of sp³-hybridized carbons (Fsp3) is 0.294. The molecule has 7 heteroatoms. The average molecular weight is 603 g/mol. The van der Waals surface area contributed by atoms with Gasteiger partial charge in [0, 0.05) is 28.3 Å². The molecule has 4 nitrogen and oxygen atoms in total. The molecule has 3 aromatic carbocycles. The highest BCUT2D eigenvalue weighted by Crippen LogP contribution is 2.52. The van der Waals surface area contributed by atoms with Gasteiger partial charge >= 0.3 is 0 Å². The molecule has 1 heterocycles. The maximum Gasteiger partial charge on any atom is 0.162 e. The summed E-state index contributed by atoms with van der Waals surface area (Å²) in [6.45, 7) is 10.4. The summed E-state index contributed by atoms with van der Waals surface area (Å²) in [5, 5.41) is 11.3. The van der Waals surface area contributed by atoms with Crippen molar-refractivity contribution < 1.29 is 4.79 Å². The Morgan fingerprint density at radius 3 is 2.44 bits per heavy atom. The Bertz CT molecular complexity index is 1660. The van der Waals surface area contributed by atoms with Gasteiger partial charge in [0.05, 0.1) is 33.3 Å². The lowest BCUT2D eigenvalue weighted by molar-refractivity contribution is -0.118. The van der Waals surface area contributed by atoms with Crippen molar-refractivity contribution in [2.45, 2.75) is 64.0 Å². The van der Waals surface area contributed by atoms with Crippen LogP contribution in [0.2, 0.25) is 10.0 Å². The molecule has 0 bridgehead atoms. The minimum Gasteiger partial charge on any atom is -0.384 e. The van der Waals surface area contributed by atoms with Gasteiger partial charge in [-0.25, -0.2) is 0 Å². The van der Waals surface area contributed by atoms with Gasteiger partial charge in [-0.3, -0.25) is 9.69 Å². The molecule has 3 aromatic rings. The van der Waals surface area contributed by atoms with Crippen LogP contribution in [0.4, 0.5) is 5.69 Å². The highest BCUT2D eigenvalue weighted by atomic mass is 35.5.